The van der Waals surface area contributed by atoms with Gasteiger partial charge in [0.05, 0.1) is 166 Å². The third kappa shape index (κ3) is 27.0. The molecule has 0 amide bonds. The number of aliphatic hydroxyl groups is 12. The van der Waals surface area contributed by atoms with Crippen molar-refractivity contribution >= 4 is 0 Å². The Bertz CT molecular complexity index is 2500. The summed E-state index contributed by atoms with van der Waals surface area (Å²) in [6, 6.07) is 0.0182. The van der Waals surface area contributed by atoms with Crippen molar-refractivity contribution in [3.8, 4) is 0 Å². The van der Waals surface area contributed by atoms with E-state index < -0.39 is 112 Å². The highest BCUT2D eigenvalue weighted by Gasteiger charge is 2.40. The molecule has 550 valence electrons. The number of rotatable bonds is 47. The predicted octanol–water partition coefficient (Wildman–Crippen LogP) is -6.24. The second-order valence-electron chi connectivity index (χ2n) is 24.5. The number of hydrazine groups is 1. The van der Waals surface area contributed by atoms with Crippen LogP contribution in [0.1, 0.15) is 81.8 Å². The summed E-state index contributed by atoms with van der Waals surface area (Å²) in [6.45, 7) is 6.99. The molecular formula is C59H106N14O23. The zero-order chi connectivity index (χ0) is 68.8. The highest BCUT2D eigenvalue weighted by Crippen LogP contribution is 2.26. The molecule has 0 bridgehead atoms. The van der Waals surface area contributed by atoms with Crippen LogP contribution in [0, 0.1) is 0 Å². The first kappa shape index (κ1) is 79.1. The van der Waals surface area contributed by atoms with E-state index in [-0.39, 0.29) is 84.1 Å². The van der Waals surface area contributed by atoms with Crippen molar-refractivity contribution in [2.45, 2.75) is 208 Å². The Labute approximate surface area is 557 Å². The Hall–Kier alpha value is -4.28. The maximum atomic E-state index is 10.2. The minimum atomic E-state index is -1.20. The quantitative estimate of drug-likeness (QED) is 0.0142. The molecule has 0 radical (unpaired) electrons. The van der Waals surface area contributed by atoms with E-state index in [1.807, 2.05) is 18.6 Å². The van der Waals surface area contributed by atoms with Gasteiger partial charge in [-0.15, -0.1) is 15.3 Å². The van der Waals surface area contributed by atoms with Crippen molar-refractivity contribution in [2.75, 3.05) is 119 Å². The van der Waals surface area contributed by atoms with E-state index in [0.717, 1.165) is 30.7 Å². The summed E-state index contributed by atoms with van der Waals surface area (Å²) < 4.78 is 67.6. The molecule has 0 spiro atoms. The highest BCUT2D eigenvalue weighted by molar-refractivity contribution is 5.01. The number of hydrogen-bond acceptors (Lipinski definition) is 34. The van der Waals surface area contributed by atoms with E-state index in [1.165, 1.54) is 5.01 Å². The first-order valence-corrected chi connectivity index (χ1v) is 33.2. The second-order valence-corrected chi connectivity index (χ2v) is 24.5. The standard InChI is InChI=1S/C59H106N14O23/c1-39(69(30-42-33-72(66-63-42)10-15-88-18-21-91-54-25-47(80)58(84)51(37-76)95-54)31-43-34-73(67-64-43)11-16-89-19-22-92-55-26-48(81)59(85)52(38-77)96-55)5-2-3-7-68(27-40(60)28-70(61)8-13-86-12-4-6-44-23-45(78)56(82)49(35-74)93-44)29-41-32-71(65-62-41)9-14-87-17-20-90-53-24-46(79)57(83)50(36-75)94-53/h28,32-34,39,44-59,74-85H,2-27,29-31,35-38,60-61H2,1H3/b40-28-. The van der Waals surface area contributed by atoms with Crippen LogP contribution < -0.4 is 11.6 Å². The molecule has 3 aromatic heterocycles. The summed E-state index contributed by atoms with van der Waals surface area (Å²) in [5, 5.41) is 147. The molecule has 7 heterocycles. The SMILES string of the molecule is CC(CCCCN(C/C(N)=C/N(N)CCOCCCC1CC(O)C(O)C(CO)O1)Cc1cn(CCOCCOC2CC(O)C(O)C(CO)O2)nn1)N(Cc1cn(CCOCCOC2CC(O)C(O)C(CO)O2)nn1)Cc1cn(CCOCCOC2CC(O)C(O)C(CO)O2)nn1. The molecule has 3 aromatic rings. The lowest BCUT2D eigenvalue weighted by Crippen LogP contribution is -2.50. The summed E-state index contributed by atoms with van der Waals surface area (Å²) in [6.07, 6.45) is -3.98. The summed E-state index contributed by atoms with van der Waals surface area (Å²) >= 11 is 0. The molecule has 4 fully saturated rings. The maximum Gasteiger partial charge on any atom is 0.160 e. The maximum absolute atomic E-state index is 10.2. The molecule has 0 saturated carbocycles. The van der Waals surface area contributed by atoms with Gasteiger partial charge < -0.3 is 124 Å². The van der Waals surface area contributed by atoms with Crippen molar-refractivity contribution in [3.63, 3.8) is 0 Å². The molecule has 37 heteroatoms. The van der Waals surface area contributed by atoms with Gasteiger partial charge >= 0.3 is 0 Å². The monoisotopic (exact) mass is 1380 g/mol. The van der Waals surface area contributed by atoms with Crippen LogP contribution >= 0.6 is 0 Å². The van der Waals surface area contributed by atoms with Gasteiger partial charge in [-0.05, 0) is 39.2 Å². The van der Waals surface area contributed by atoms with Gasteiger partial charge in [-0.3, -0.25) is 9.80 Å². The van der Waals surface area contributed by atoms with Crippen LogP contribution in [-0.2, 0) is 91.4 Å². The number of ether oxygens (including phenoxy) is 11. The molecule has 17 atom stereocenters. The number of unbranched alkanes of at least 4 members (excludes halogenated alkanes) is 1. The Morgan fingerprint density at radius 2 is 0.927 bits per heavy atom. The van der Waals surface area contributed by atoms with E-state index >= 15 is 0 Å². The Kier molecular flexibility index (Phi) is 35.2. The molecule has 96 heavy (non-hydrogen) atoms. The minimum Gasteiger partial charge on any atom is -0.400 e. The van der Waals surface area contributed by atoms with Crippen LogP contribution in [0.5, 0.6) is 0 Å². The van der Waals surface area contributed by atoms with Crippen LogP contribution in [0.25, 0.3) is 0 Å². The van der Waals surface area contributed by atoms with Gasteiger partial charge in [0.25, 0.3) is 0 Å². The van der Waals surface area contributed by atoms with Gasteiger partial charge in [-0.25, -0.2) is 19.9 Å². The molecule has 4 aliphatic heterocycles. The lowest BCUT2D eigenvalue weighted by molar-refractivity contribution is -0.259. The van der Waals surface area contributed by atoms with Gasteiger partial charge in [-0.2, -0.15) is 0 Å². The first-order chi connectivity index (χ1) is 46.4. The molecule has 16 N–H and O–H groups in total. The number of aliphatic hydroxyl groups excluding tert-OH is 12. The Morgan fingerprint density at radius 3 is 1.36 bits per heavy atom. The van der Waals surface area contributed by atoms with Crippen molar-refractivity contribution < 1.29 is 113 Å². The highest BCUT2D eigenvalue weighted by atomic mass is 16.7. The van der Waals surface area contributed by atoms with Crippen molar-refractivity contribution in [2.24, 2.45) is 11.6 Å². The van der Waals surface area contributed by atoms with E-state index in [2.05, 4.69) is 47.7 Å². The van der Waals surface area contributed by atoms with Gasteiger partial charge in [0.2, 0.25) is 0 Å². The van der Waals surface area contributed by atoms with Crippen molar-refractivity contribution in [1.82, 2.24) is 59.8 Å². The average Bonchev–Trinajstić information content (AvgIpc) is 1.42. The summed E-state index contributed by atoms with van der Waals surface area (Å²) in [7, 11) is 0. The molecule has 0 aliphatic carbocycles. The fourth-order valence-corrected chi connectivity index (χ4v) is 11.4. The topological polar surface area (TPSA) is 498 Å². The van der Waals surface area contributed by atoms with Gasteiger partial charge in [0.15, 0.2) is 18.9 Å². The zero-order valence-corrected chi connectivity index (χ0v) is 54.8. The molecule has 37 nitrogen and oxygen atoms in total. The largest absolute Gasteiger partial charge is 0.400 e. The molecular weight excluding hydrogens is 1270 g/mol. The number of nitrogens with two attached hydrogens (primary N) is 2. The molecule has 4 aliphatic rings. The average molecular weight is 1380 g/mol. The molecule has 4 saturated heterocycles. The summed E-state index contributed by atoms with van der Waals surface area (Å²) in [5.41, 5.74) is 9.33. The van der Waals surface area contributed by atoms with Crippen LogP contribution in [-0.4, -0.2) is 344 Å². The van der Waals surface area contributed by atoms with Crippen LogP contribution in [0.15, 0.2) is 30.5 Å². The van der Waals surface area contributed by atoms with Crippen LogP contribution in [0.4, 0.5) is 0 Å². The Balaban J connectivity index is 0.909. The summed E-state index contributed by atoms with van der Waals surface area (Å²) in [5.74, 6) is 6.39. The first-order valence-electron chi connectivity index (χ1n) is 33.2. The van der Waals surface area contributed by atoms with E-state index in [9.17, 15) is 61.3 Å². The molecule has 17 unspecified atom stereocenters. The van der Waals surface area contributed by atoms with E-state index in [1.54, 1.807) is 20.2 Å². The smallest absolute Gasteiger partial charge is 0.160 e. The van der Waals surface area contributed by atoms with Crippen LogP contribution in [0.3, 0.4) is 0 Å². The van der Waals surface area contributed by atoms with Crippen LogP contribution in [0.2, 0.25) is 0 Å². The van der Waals surface area contributed by atoms with Gasteiger partial charge in [0, 0.05) is 95.0 Å². The van der Waals surface area contributed by atoms with Gasteiger partial charge in [0.1, 0.15) is 48.8 Å². The van der Waals surface area contributed by atoms with E-state index in [0.29, 0.717) is 116 Å². The lowest BCUT2D eigenvalue weighted by Gasteiger charge is -2.36. The summed E-state index contributed by atoms with van der Waals surface area (Å²) in [4.78, 5) is 4.43. The number of nitrogens with zero attached hydrogens (tertiary/aromatic N) is 12. The second kappa shape index (κ2) is 42.7. The minimum absolute atomic E-state index is 0.0182. The molecule has 0 aromatic carbocycles. The molecule has 7 rings (SSSR count). The Morgan fingerprint density at radius 1 is 0.521 bits per heavy atom. The number of aromatic nitrogens is 9. The third-order valence-electron chi connectivity index (χ3n) is 16.9. The zero-order valence-electron chi connectivity index (χ0n) is 54.8. The van der Waals surface area contributed by atoms with Gasteiger partial charge in [-0.1, -0.05) is 22.1 Å². The fourth-order valence-electron chi connectivity index (χ4n) is 11.4. The normalized spacial score (nSPS) is 28.7. The van der Waals surface area contributed by atoms with Crippen molar-refractivity contribution in [1.29, 1.82) is 0 Å². The van der Waals surface area contributed by atoms with E-state index in [4.69, 9.17) is 63.7 Å². The lowest BCUT2D eigenvalue weighted by atomic mass is 9.96. The number of hydrogen-bond donors (Lipinski definition) is 14. The predicted molar refractivity (Wildman–Crippen MR) is 331 cm³/mol. The van der Waals surface area contributed by atoms with Crippen molar-refractivity contribution in [3.05, 3.63) is 47.6 Å². The fraction of sp³-hybridized carbons (Fsp3) is 0.864. The third-order valence-corrected chi connectivity index (χ3v) is 16.9.